The molecule has 0 bridgehead atoms. The second-order valence-corrected chi connectivity index (χ2v) is 7.41. The summed E-state index contributed by atoms with van der Waals surface area (Å²) in [5.41, 5.74) is 1.54. The summed E-state index contributed by atoms with van der Waals surface area (Å²) in [6.07, 6.45) is 0. The Bertz CT molecular complexity index is 501. The van der Waals surface area contributed by atoms with Crippen LogP contribution in [0.4, 0.5) is 0 Å². The second-order valence-electron chi connectivity index (χ2n) is 7.41. The molecular formula is C17H27NO3. The molecule has 0 radical (unpaired) electrons. The number of aromatic hydroxyl groups is 1. The van der Waals surface area contributed by atoms with E-state index in [-0.39, 0.29) is 22.5 Å². The molecule has 118 valence electrons. The molecule has 0 fully saturated rings. The van der Waals surface area contributed by atoms with Gasteiger partial charge in [0.2, 0.25) is 0 Å². The largest absolute Gasteiger partial charge is 0.507 e. The van der Waals surface area contributed by atoms with Crippen LogP contribution < -0.4 is 0 Å². The van der Waals surface area contributed by atoms with E-state index in [9.17, 15) is 9.90 Å². The highest BCUT2D eigenvalue weighted by Crippen LogP contribution is 2.39. The molecule has 0 aliphatic carbocycles. The molecule has 4 nitrogen and oxygen atoms in total. The van der Waals surface area contributed by atoms with Crippen molar-refractivity contribution in [2.75, 3.05) is 14.2 Å². The van der Waals surface area contributed by atoms with Gasteiger partial charge in [-0.1, -0.05) is 41.5 Å². The van der Waals surface area contributed by atoms with Gasteiger partial charge in [-0.25, -0.2) is 5.06 Å². The topological polar surface area (TPSA) is 49.8 Å². The monoisotopic (exact) mass is 293 g/mol. The Balaban J connectivity index is 3.59. The molecule has 1 rings (SSSR count). The van der Waals surface area contributed by atoms with Crippen molar-refractivity contribution in [1.29, 1.82) is 0 Å². The average Bonchev–Trinajstić information content (AvgIpc) is 2.34. The number of carbonyl (C=O) groups is 1. The summed E-state index contributed by atoms with van der Waals surface area (Å²) >= 11 is 0. The first-order valence-electron chi connectivity index (χ1n) is 7.09. The van der Waals surface area contributed by atoms with Gasteiger partial charge in [0.1, 0.15) is 5.75 Å². The van der Waals surface area contributed by atoms with Gasteiger partial charge in [-0.3, -0.25) is 9.63 Å². The zero-order valence-electron chi connectivity index (χ0n) is 14.4. The summed E-state index contributed by atoms with van der Waals surface area (Å²) in [5.74, 6) is 0.0418. The van der Waals surface area contributed by atoms with Crippen LogP contribution in [0.25, 0.3) is 0 Å². The maximum atomic E-state index is 12.4. The van der Waals surface area contributed by atoms with Crippen LogP contribution in [0.5, 0.6) is 5.75 Å². The number of phenols is 1. The van der Waals surface area contributed by atoms with Crippen LogP contribution in [0.15, 0.2) is 12.1 Å². The number of rotatable bonds is 2. The molecule has 0 aromatic heterocycles. The molecule has 0 saturated carbocycles. The number of hydrogen-bond donors (Lipinski definition) is 1. The summed E-state index contributed by atoms with van der Waals surface area (Å²) in [4.78, 5) is 17.3. The van der Waals surface area contributed by atoms with Crippen molar-refractivity contribution in [3.63, 3.8) is 0 Å². The third-order valence-corrected chi connectivity index (χ3v) is 3.53. The molecule has 1 aromatic rings. The van der Waals surface area contributed by atoms with Gasteiger partial charge in [-0.05, 0) is 23.0 Å². The summed E-state index contributed by atoms with van der Waals surface area (Å²) < 4.78 is 0. The van der Waals surface area contributed by atoms with Crippen LogP contribution in [0.2, 0.25) is 0 Å². The van der Waals surface area contributed by atoms with Gasteiger partial charge in [0.15, 0.2) is 0 Å². The quantitative estimate of drug-likeness (QED) is 0.847. The number of nitrogens with zero attached hydrogens (tertiary/aromatic N) is 1. The Hall–Kier alpha value is -1.55. The first-order valence-corrected chi connectivity index (χ1v) is 7.09. The molecule has 21 heavy (non-hydrogen) atoms. The van der Waals surface area contributed by atoms with Gasteiger partial charge in [0, 0.05) is 23.7 Å². The van der Waals surface area contributed by atoms with Crippen molar-refractivity contribution in [2.45, 2.75) is 52.4 Å². The minimum atomic E-state index is -0.258. The van der Waals surface area contributed by atoms with Gasteiger partial charge in [-0.15, -0.1) is 0 Å². The Morgan fingerprint density at radius 1 is 1.05 bits per heavy atom. The fourth-order valence-electron chi connectivity index (χ4n) is 2.17. The molecule has 0 aliphatic rings. The number of hydrogen-bond acceptors (Lipinski definition) is 3. The van der Waals surface area contributed by atoms with Gasteiger partial charge < -0.3 is 5.11 Å². The van der Waals surface area contributed by atoms with E-state index >= 15 is 0 Å². The van der Waals surface area contributed by atoms with E-state index in [1.165, 1.54) is 12.2 Å². The SMILES string of the molecule is CON(C)C(=O)c1cc(C(C)(C)C)c(O)c(C(C)(C)C)c1. The molecule has 4 heteroatoms. The van der Waals surface area contributed by atoms with E-state index in [2.05, 4.69) is 0 Å². The first-order chi connectivity index (χ1) is 9.39. The number of hydroxylamine groups is 2. The Labute approximate surface area is 127 Å². The maximum Gasteiger partial charge on any atom is 0.277 e. The summed E-state index contributed by atoms with van der Waals surface area (Å²) in [7, 11) is 3.02. The predicted octanol–water partition coefficient (Wildman–Crippen LogP) is 3.62. The first kappa shape index (κ1) is 17.5. The van der Waals surface area contributed by atoms with E-state index in [1.54, 1.807) is 19.2 Å². The van der Waals surface area contributed by atoms with Crippen LogP contribution >= 0.6 is 0 Å². The van der Waals surface area contributed by atoms with Crippen molar-refractivity contribution in [2.24, 2.45) is 0 Å². The maximum absolute atomic E-state index is 12.4. The minimum absolute atomic E-state index is 0.228. The Morgan fingerprint density at radius 3 is 1.71 bits per heavy atom. The van der Waals surface area contributed by atoms with Crippen LogP contribution in [0.3, 0.4) is 0 Å². The predicted molar refractivity (Wildman–Crippen MR) is 84.6 cm³/mol. The molecular weight excluding hydrogens is 266 g/mol. The van der Waals surface area contributed by atoms with Crippen LogP contribution in [-0.2, 0) is 15.7 Å². The molecule has 0 spiro atoms. The fraction of sp³-hybridized carbons (Fsp3) is 0.588. The highest BCUT2D eigenvalue weighted by Gasteiger charge is 2.28. The molecule has 0 heterocycles. The van der Waals surface area contributed by atoms with Crippen LogP contribution in [0, 0.1) is 0 Å². The molecule has 1 N–H and O–H groups in total. The van der Waals surface area contributed by atoms with E-state index in [0.717, 1.165) is 11.1 Å². The zero-order valence-corrected chi connectivity index (χ0v) is 14.4. The minimum Gasteiger partial charge on any atom is -0.507 e. The molecule has 1 amide bonds. The highest BCUT2D eigenvalue weighted by atomic mass is 16.7. The third-order valence-electron chi connectivity index (χ3n) is 3.53. The fourth-order valence-corrected chi connectivity index (χ4v) is 2.17. The van der Waals surface area contributed by atoms with Gasteiger partial charge in [0.05, 0.1) is 7.11 Å². The van der Waals surface area contributed by atoms with Crippen molar-refractivity contribution in [3.8, 4) is 5.75 Å². The number of amides is 1. The number of benzene rings is 1. The number of carbonyl (C=O) groups excluding carboxylic acids is 1. The Kier molecular flexibility index (Phi) is 4.73. The molecule has 0 unspecified atom stereocenters. The lowest BCUT2D eigenvalue weighted by Crippen LogP contribution is -2.27. The normalized spacial score (nSPS) is 12.4. The van der Waals surface area contributed by atoms with Gasteiger partial charge >= 0.3 is 0 Å². The van der Waals surface area contributed by atoms with Gasteiger partial charge in [-0.2, -0.15) is 0 Å². The lowest BCUT2D eigenvalue weighted by Gasteiger charge is -2.28. The summed E-state index contributed by atoms with van der Waals surface area (Å²) in [6.45, 7) is 12.1. The third kappa shape index (κ3) is 3.76. The van der Waals surface area contributed by atoms with E-state index in [1.807, 2.05) is 41.5 Å². The van der Waals surface area contributed by atoms with E-state index in [4.69, 9.17) is 4.84 Å². The standard InChI is InChI=1S/C17H27NO3/c1-16(2,3)12-9-11(15(20)18(7)21-8)10-13(14(12)19)17(4,5)6/h9-10,19H,1-8H3. The van der Waals surface area contributed by atoms with E-state index < -0.39 is 0 Å². The second kappa shape index (κ2) is 5.68. The summed E-state index contributed by atoms with van der Waals surface area (Å²) in [5, 5.41) is 11.8. The lowest BCUT2D eigenvalue weighted by molar-refractivity contribution is -0.0757. The smallest absolute Gasteiger partial charge is 0.277 e. The Morgan fingerprint density at radius 2 is 1.43 bits per heavy atom. The molecule has 1 aromatic carbocycles. The highest BCUT2D eigenvalue weighted by molar-refractivity contribution is 5.94. The molecule has 0 saturated heterocycles. The van der Waals surface area contributed by atoms with E-state index in [0.29, 0.717) is 5.56 Å². The van der Waals surface area contributed by atoms with Crippen molar-refractivity contribution >= 4 is 5.91 Å². The molecule has 0 aliphatic heterocycles. The van der Waals surface area contributed by atoms with Crippen molar-refractivity contribution in [3.05, 3.63) is 28.8 Å². The van der Waals surface area contributed by atoms with Crippen LogP contribution in [-0.4, -0.2) is 30.2 Å². The zero-order chi connectivity index (χ0) is 16.6. The van der Waals surface area contributed by atoms with Gasteiger partial charge in [0.25, 0.3) is 5.91 Å². The van der Waals surface area contributed by atoms with Crippen LogP contribution in [0.1, 0.15) is 63.0 Å². The molecule has 0 atom stereocenters. The van der Waals surface area contributed by atoms with Crippen molar-refractivity contribution < 1.29 is 14.7 Å². The lowest BCUT2D eigenvalue weighted by atomic mass is 9.78. The van der Waals surface area contributed by atoms with Crippen molar-refractivity contribution in [1.82, 2.24) is 5.06 Å². The average molecular weight is 293 g/mol. The summed E-state index contributed by atoms with van der Waals surface area (Å²) in [6, 6.07) is 3.50. The number of phenolic OH excluding ortho intramolecular Hbond substituents is 1.